The molecule has 3 rings (SSSR count). The van der Waals surface area contributed by atoms with Crippen LogP contribution in [0, 0.1) is 0 Å². The van der Waals surface area contributed by atoms with Gasteiger partial charge in [-0.05, 0) is 31.0 Å². The van der Waals surface area contributed by atoms with Gasteiger partial charge in [0.15, 0.2) is 0 Å². The third-order valence-corrected chi connectivity index (χ3v) is 3.46. The highest BCUT2D eigenvalue weighted by molar-refractivity contribution is 5.92. The second kappa shape index (κ2) is 6.51. The molecule has 1 aromatic heterocycles. The van der Waals surface area contributed by atoms with Crippen LogP contribution in [0.1, 0.15) is 23.3 Å². The molecule has 1 amide bonds. The van der Waals surface area contributed by atoms with E-state index in [4.69, 9.17) is 9.47 Å². The van der Waals surface area contributed by atoms with Crippen LogP contribution in [0.5, 0.6) is 11.5 Å². The molecule has 2 N–H and O–H groups in total. The summed E-state index contributed by atoms with van der Waals surface area (Å²) < 4.78 is 10.5. The average Bonchev–Trinajstić information content (AvgIpc) is 3.39. The lowest BCUT2D eigenvalue weighted by atomic mass is 10.2. The SMILES string of the molecule is COc1ccc(Nc2nccc(C(=O)NC3CC3)n2)c(OC)c1. The van der Waals surface area contributed by atoms with E-state index in [1.165, 1.54) is 0 Å². The van der Waals surface area contributed by atoms with Gasteiger partial charge in [0.05, 0.1) is 19.9 Å². The molecule has 1 fully saturated rings. The minimum absolute atomic E-state index is 0.181. The molecule has 0 bridgehead atoms. The first-order chi connectivity index (χ1) is 11.2. The van der Waals surface area contributed by atoms with Crippen molar-refractivity contribution >= 4 is 17.5 Å². The molecule has 0 saturated heterocycles. The van der Waals surface area contributed by atoms with Crippen molar-refractivity contribution in [3.05, 3.63) is 36.2 Å². The minimum atomic E-state index is -0.181. The van der Waals surface area contributed by atoms with Crippen molar-refractivity contribution in [2.24, 2.45) is 0 Å². The number of methoxy groups -OCH3 is 2. The van der Waals surface area contributed by atoms with E-state index in [0.29, 0.717) is 28.8 Å². The summed E-state index contributed by atoms with van der Waals surface area (Å²) in [5.74, 6) is 1.43. The van der Waals surface area contributed by atoms with Crippen molar-refractivity contribution in [2.45, 2.75) is 18.9 Å². The Kier molecular flexibility index (Phi) is 4.27. The van der Waals surface area contributed by atoms with E-state index in [-0.39, 0.29) is 11.9 Å². The molecule has 0 aliphatic heterocycles. The van der Waals surface area contributed by atoms with Crippen molar-refractivity contribution in [1.29, 1.82) is 0 Å². The lowest BCUT2D eigenvalue weighted by molar-refractivity contribution is 0.0946. The largest absolute Gasteiger partial charge is 0.497 e. The van der Waals surface area contributed by atoms with Gasteiger partial charge in [-0.25, -0.2) is 9.97 Å². The van der Waals surface area contributed by atoms with Crippen molar-refractivity contribution < 1.29 is 14.3 Å². The number of benzene rings is 1. The third-order valence-electron chi connectivity index (χ3n) is 3.46. The van der Waals surface area contributed by atoms with Crippen molar-refractivity contribution in [3.8, 4) is 11.5 Å². The Morgan fingerprint density at radius 3 is 2.74 bits per heavy atom. The highest BCUT2D eigenvalue weighted by Crippen LogP contribution is 2.30. The van der Waals surface area contributed by atoms with Crippen LogP contribution in [-0.2, 0) is 0 Å². The number of rotatable bonds is 6. The fraction of sp³-hybridized carbons (Fsp3) is 0.312. The summed E-state index contributed by atoms with van der Waals surface area (Å²) in [6, 6.07) is 7.24. The molecule has 0 spiro atoms. The van der Waals surface area contributed by atoms with Gasteiger partial charge in [0, 0.05) is 18.3 Å². The number of hydrogen-bond donors (Lipinski definition) is 2. The average molecular weight is 314 g/mol. The number of hydrogen-bond acceptors (Lipinski definition) is 6. The van der Waals surface area contributed by atoms with Crippen molar-refractivity contribution in [2.75, 3.05) is 19.5 Å². The fourth-order valence-electron chi connectivity index (χ4n) is 2.05. The van der Waals surface area contributed by atoms with Crippen LogP contribution in [0.3, 0.4) is 0 Å². The highest BCUT2D eigenvalue weighted by atomic mass is 16.5. The lowest BCUT2D eigenvalue weighted by Gasteiger charge is -2.12. The molecule has 1 aromatic carbocycles. The third kappa shape index (κ3) is 3.68. The summed E-state index contributed by atoms with van der Waals surface area (Å²) in [5.41, 5.74) is 1.02. The number of anilines is 2. The maximum absolute atomic E-state index is 12.0. The molecule has 1 aliphatic rings. The number of nitrogens with one attached hydrogen (secondary N) is 2. The smallest absolute Gasteiger partial charge is 0.270 e. The molecule has 1 heterocycles. The van der Waals surface area contributed by atoms with Gasteiger partial charge in [0.25, 0.3) is 5.91 Å². The van der Waals surface area contributed by atoms with E-state index >= 15 is 0 Å². The molecule has 1 aliphatic carbocycles. The summed E-state index contributed by atoms with van der Waals surface area (Å²) in [5, 5.41) is 5.96. The molecular weight excluding hydrogens is 296 g/mol. The van der Waals surface area contributed by atoms with Crippen LogP contribution in [0.4, 0.5) is 11.6 Å². The quantitative estimate of drug-likeness (QED) is 0.849. The monoisotopic (exact) mass is 314 g/mol. The molecule has 0 radical (unpaired) electrons. The topological polar surface area (TPSA) is 85.4 Å². The van der Waals surface area contributed by atoms with E-state index in [1.54, 1.807) is 44.7 Å². The lowest BCUT2D eigenvalue weighted by Crippen LogP contribution is -2.26. The van der Waals surface area contributed by atoms with Crippen LogP contribution < -0.4 is 20.1 Å². The van der Waals surface area contributed by atoms with Crippen molar-refractivity contribution in [3.63, 3.8) is 0 Å². The van der Waals surface area contributed by atoms with Gasteiger partial charge >= 0.3 is 0 Å². The molecule has 0 unspecified atom stereocenters. The Labute approximate surface area is 134 Å². The highest BCUT2D eigenvalue weighted by Gasteiger charge is 2.24. The Bertz CT molecular complexity index is 716. The van der Waals surface area contributed by atoms with Crippen molar-refractivity contribution in [1.82, 2.24) is 15.3 Å². The van der Waals surface area contributed by atoms with E-state index in [9.17, 15) is 4.79 Å². The fourth-order valence-corrected chi connectivity index (χ4v) is 2.05. The zero-order chi connectivity index (χ0) is 16.2. The zero-order valence-corrected chi connectivity index (χ0v) is 13.0. The molecule has 2 aromatic rings. The molecule has 0 atom stereocenters. The van der Waals surface area contributed by atoms with Gasteiger partial charge < -0.3 is 20.1 Å². The Morgan fingerprint density at radius 1 is 1.22 bits per heavy atom. The first-order valence-corrected chi connectivity index (χ1v) is 7.32. The summed E-state index contributed by atoms with van der Waals surface area (Å²) in [4.78, 5) is 20.4. The predicted molar refractivity (Wildman–Crippen MR) is 85.3 cm³/mol. The summed E-state index contributed by atoms with van der Waals surface area (Å²) in [7, 11) is 3.16. The molecular formula is C16H18N4O3. The second-order valence-corrected chi connectivity index (χ2v) is 5.20. The first-order valence-electron chi connectivity index (χ1n) is 7.32. The summed E-state index contributed by atoms with van der Waals surface area (Å²) in [6.07, 6.45) is 3.61. The van der Waals surface area contributed by atoms with Crippen LogP contribution in [-0.4, -0.2) is 36.1 Å². The van der Waals surface area contributed by atoms with Gasteiger partial charge in [0.1, 0.15) is 17.2 Å². The first kappa shape index (κ1) is 15.1. The van der Waals surface area contributed by atoms with Gasteiger partial charge in [0.2, 0.25) is 5.95 Å². The van der Waals surface area contributed by atoms with Crippen LogP contribution in [0.25, 0.3) is 0 Å². The predicted octanol–water partition coefficient (Wildman–Crippen LogP) is 2.13. The Balaban J connectivity index is 1.78. The van der Waals surface area contributed by atoms with Crippen LogP contribution in [0.15, 0.2) is 30.5 Å². The maximum atomic E-state index is 12.0. The van der Waals surface area contributed by atoms with Gasteiger partial charge in [-0.15, -0.1) is 0 Å². The molecule has 120 valence electrons. The molecule has 1 saturated carbocycles. The van der Waals surface area contributed by atoms with E-state index < -0.39 is 0 Å². The minimum Gasteiger partial charge on any atom is -0.497 e. The molecule has 23 heavy (non-hydrogen) atoms. The summed E-state index contributed by atoms with van der Waals surface area (Å²) in [6.45, 7) is 0. The maximum Gasteiger partial charge on any atom is 0.270 e. The van der Waals surface area contributed by atoms with Gasteiger partial charge in [-0.2, -0.15) is 0 Å². The Morgan fingerprint density at radius 2 is 2.04 bits per heavy atom. The Hall–Kier alpha value is -2.83. The number of ether oxygens (including phenoxy) is 2. The number of amides is 1. The molecule has 7 heteroatoms. The van der Waals surface area contributed by atoms with Crippen LogP contribution >= 0.6 is 0 Å². The van der Waals surface area contributed by atoms with Gasteiger partial charge in [-0.1, -0.05) is 0 Å². The number of carbonyl (C=O) groups is 1. The number of carbonyl (C=O) groups excluding carboxylic acids is 1. The van der Waals surface area contributed by atoms with E-state index in [0.717, 1.165) is 12.8 Å². The van der Waals surface area contributed by atoms with Crippen LogP contribution in [0.2, 0.25) is 0 Å². The van der Waals surface area contributed by atoms with E-state index in [1.807, 2.05) is 0 Å². The standard InChI is InChI=1S/C16H18N4O3/c1-22-11-5-6-12(14(9-11)23-2)19-16-17-8-7-13(20-16)15(21)18-10-3-4-10/h5-10H,3-4H2,1-2H3,(H,18,21)(H,17,19,20). The normalized spacial score (nSPS) is 13.3. The van der Waals surface area contributed by atoms with E-state index in [2.05, 4.69) is 20.6 Å². The molecule has 7 nitrogen and oxygen atoms in total. The number of nitrogens with zero attached hydrogens (tertiary/aromatic N) is 2. The zero-order valence-electron chi connectivity index (χ0n) is 13.0. The summed E-state index contributed by atoms with van der Waals surface area (Å²) >= 11 is 0. The van der Waals surface area contributed by atoms with Gasteiger partial charge in [-0.3, -0.25) is 4.79 Å². The second-order valence-electron chi connectivity index (χ2n) is 5.20. The number of aromatic nitrogens is 2.